The van der Waals surface area contributed by atoms with Crippen LogP contribution in [0.5, 0.6) is 0 Å². The van der Waals surface area contributed by atoms with Crippen LogP contribution >= 0.6 is 11.8 Å². The predicted molar refractivity (Wildman–Crippen MR) is 84.3 cm³/mol. The first-order chi connectivity index (χ1) is 9.19. The van der Waals surface area contributed by atoms with Gasteiger partial charge in [-0.3, -0.25) is 0 Å². The van der Waals surface area contributed by atoms with Crippen molar-refractivity contribution in [2.75, 3.05) is 11.6 Å². The molecular weight excluding hydrogens is 254 g/mol. The average molecular weight is 275 g/mol. The van der Waals surface area contributed by atoms with Gasteiger partial charge in [-0.05, 0) is 31.7 Å². The normalized spacial score (nSPS) is 12.4. The van der Waals surface area contributed by atoms with Crippen molar-refractivity contribution in [2.24, 2.45) is 0 Å². The third kappa shape index (κ3) is 4.03. The van der Waals surface area contributed by atoms with Crippen LogP contribution in [0, 0.1) is 6.92 Å². The van der Waals surface area contributed by atoms with E-state index < -0.39 is 0 Å². The number of hydrogen-bond donors (Lipinski definition) is 1. The Labute approximate surface area is 119 Å². The van der Waals surface area contributed by atoms with Gasteiger partial charge in [-0.2, -0.15) is 11.8 Å². The molecule has 0 bridgehead atoms. The number of para-hydroxylation sites is 1. The van der Waals surface area contributed by atoms with Crippen LogP contribution in [0.1, 0.15) is 19.0 Å². The van der Waals surface area contributed by atoms with Crippen LogP contribution < -0.4 is 5.32 Å². The minimum atomic E-state index is 0.673. The smallest absolute Gasteiger partial charge is 0.207 e. The highest BCUT2D eigenvalue weighted by molar-refractivity contribution is 7.99. The Morgan fingerprint density at radius 1 is 1.32 bits per heavy atom. The lowest BCUT2D eigenvalue weighted by Gasteiger charge is -2.12. The summed E-state index contributed by atoms with van der Waals surface area (Å²) < 4.78 is 2.20. The number of aromatic nitrogens is 2. The molecule has 0 aliphatic carbocycles. The molecule has 2 rings (SSSR count). The van der Waals surface area contributed by atoms with Crippen molar-refractivity contribution in [1.82, 2.24) is 9.55 Å². The largest absolute Gasteiger partial charge is 0.326 e. The molecule has 19 heavy (non-hydrogen) atoms. The zero-order valence-electron chi connectivity index (χ0n) is 11.8. The summed E-state index contributed by atoms with van der Waals surface area (Å²) in [6, 6.07) is 10.2. The second kappa shape index (κ2) is 6.66. The topological polar surface area (TPSA) is 29.9 Å². The van der Waals surface area contributed by atoms with Gasteiger partial charge in [0.25, 0.3) is 0 Å². The van der Waals surface area contributed by atoms with Crippen molar-refractivity contribution in [2.45, 2.75) is 32.1 Å². The summed E-state index contributed by atoms with van der Waals surface area (Å²) in [6.07, 6.45) is 5.42. The number of benzene rings is 1. The molecule has 2 aromatic rings. The Hall–Kier alpha value is -1.42. The Bertz CT molecular complexity index is 507. The molecule has 4 heteroatoms. The molecule has 0 spiro atoms. The van der Waals surface area contributed by atoms with E-state index in [9.17, 15) is 0 Å². The number of nitrogens with one attached hydrogen (secondary N) is 1. The van der Waals surface area contributed by atoms with E-state index in [0.717, 1.165) is 30.3 Å². The molecule has 0 saturated heterocycles. The van der Waals surface area contributed by atoms with Gasteiger partial charge in [-0.25, -0.2) is 4.98 Å². The quantitative estimate of drug-likeness (QED) is 0.861. The van der Waals surface area contributed by atoms with Gasteiger partial charge in [-0.1, -0.05) is 25.1 Å². The SMILES string of the molecule is CSC(C)CCn1cc(C)nc1Nc1ccccc1. The van der Waals surface area contributed by atoms with E-state index in [4.69, 9.17) is 0 Å². The zero-order valence-corrected chi connectivity index (χ0v) is 12.6. The lowest BCUT2D eigenvalue weighted by molar-refractivity contribution is 0.646. The molecule has 102 valence electrons. The Balaban J connectivity index is 2.08. The van der Waals surface area contributed by atoms with E-state index in [2.05, 4.69) is 46.4 Å². The minimum Gasteiger partial charge on any atom is -0.326 e. The monoisotopic (exact) mass is 275 g/mol. The zero-order chi connectivity index (χ0) is 13.7. The van der Waals surface area contributed by atoms with Crippen molar-refractivity contribution in [3.05, 3.63) is 42.2 Å². The molecule has 1 unspecified atom stereocenters. The van der Waals surface area contributed by atoms with Crippen molar-refractivity contribution in [1.29, 1.82) is 0 Å². The summed E-state index contributed by atoms with van der Waals surface area (Å²) in [5.74, 6) is 0.928. The summed E-state index contributed by atoms with van der Waals surface area (Å²) in [5.41, 5.74) is 2.13. The molecule has 0 aliphatic rings. The third-order valence-electron chi connectivity index (χ3n) is 3.11. The molecule has 1 aromatic heterocycles. The lowest BCUT2D eigenvalue weighted by atomic mass is 10.3. The van der Waals surface area contributed by atoms with E-state index in [1.165, 1.54) is 0 Å². The number of anilines is 2. The standard InChI is InChI=1S/C15H21N3S/c1-12-11-18(10-9-13(2)19-3)15(16-12)17-14-7-5-4-6-8-14/h4-8,11,13H,9-10H2,1-3H3,(H,16,17). The highest BCUT2D eigenvalue weighted by atomic mass is 32.2. The van der Waals surface area contributed by atoms with Crippen molar-refractivity contribution >= 4 is 23.4 Å². The molecular formula is C15H21N3S. The maximum Gasteiger partial charge on any atom is 0.207 e. The Morgan fingerprint density at radius 3 is 2.74 bits per heavy atom. The maximum atomic E-state index is 4.55. The molecule has 1 atom stereocenters. The van der Waals surface area contributed by atoms with Gasteiger partial charge in [0.05, 0.1) is 5.69 Å². The van der Waals surface area contributed by atoms with Gasteiger partial charge < -0.3 is 9.88 Å². The number of rotatable bonds is 6. The number of aryl methyl sites for hydroxylation is 2. The second-order valence-corrected chi connectivity index (χ2v) is 6.00. The first-order valence-corrected chi connectivity index (χ1v) is 7.86. The third-order valence-corrected chi connectivity index (χ3v) is 4.15. The van der Waals surface area contributed by atoms with Crippen molar-refractivity contribution < 1.29 is 0 Å². The summed E-state index contributed by atoms with van der Waals surface area (Å²) >= 11 is 1.91. The Morgan fingerprint density at radius 2 is 2.05 bits per heavy atom. The maximum absolute atomic E-state index is 4.55. The minimum absolute atomic E-state index is 0.673. The number of hydrogen-bond acceptors (Lipinski definition) is 3. The van der Waals surface area contributed by atoms with Crippen molar-refractivity contribution in [3.63, 3.8) is 0 Å². The Kier molecular flexibility index (Phi) is 4.91. The van der Waals surface area contributed by atoms with E-state index in [1.54, 1.807) is 0 Å². The first-order valence-electron chi connectivity index (χ1n) is 6.57. The highest BCUT2D eigenvalue weighted by Gasteiger charge is 2.07. The molecule has 0 radical (unpaired) electrons. The van der Waals surface area contributed by atoms with Crippen LogP contribution in [0.15, 0.2) is 36.5 Å². The summed E-state index contributed by atoms with van der Waals surface area (Å²) in [7, 11) is 0. The van der Waals surface area contributed by atoms with Gasteiger partial charge in [0, 0.05) is 23.7 Å². The first kappa shape index (κ1) is 14.0. The van der Waals surface area contributed by atoms with Crippen LogP contribution in [0.4, 0.5) is 11.6 Å². The fourth-order valence-electron chi connectivity index (χ4n) is 1.91. The molecule has 1 N–H and O–H groups in total. The highest BCUT2D eigenvalue weighted by Crippen LogP contribution is 2.18. The molecule has 0 amide bonds. The average Bonchev–Trinajstić information content (AvgIpc) is 2.77. The fraction of sp³-hybridized carbons (Fsp3) is 0.400. The molecule has 1 aromatic carbocycles. The number of imidazole rings is 1. The van der Waals surface area contributed by atoms with Gasteiger partial charge in [0.2, 0.25) is 5.95 Å². The molecule has 1 heterocycles. The fourth-order valence-corrected chi connectivity index (χ4v) is 2.25. The summed E-state index contributed by atoms with van der Waals surface area (Å²) in [5, 5.41) is 4.05. The van der Waals surface area contributed by atoms with Crippen LogP contribution in [-0.4, -0.2) is 21.1 Å². The van der Waals surface area contributed by atoms with Gasteiger partial charge in [-0.15, -0.1) is 0 Å². The lowest BCUT2D eigenvalue weighted by Crippen LogP contribution is -2.07. The molecule has 0 saturated carbocycles. The van der Waals surface area contributed by atoms with Crippen LogP contribution in [-0.2, 0) is 6.54 Å². The number of nitrogens with zero attached hydrogens (tertiary/aromatic N) is 2. The number of thioether (sulfide) groups is 1. The summed E-state index contributed by atoms with van der Waals surface area (Å²) in [6.45, 7) is 5.29. The molecule has 3 nitrogen and oxygen atoms in total. The molecule has 0 aliphatic heterocycles. The van der Waals surface area contributed by atoms with Gasteiger partial charge >= 0.3 is 0 Å². The van der Waals surface area contributed by atoms with Crippen LogP contribution in [0.3, 0.4) is 0 Å². The second-order valence-electron chi connectivity index (χ2n) is 4.73. The van der Waals surface area contributed by atoms with E-state index in [1.807, 2.05) is 36.9 Å². The van der Waals surface area contributed by atoms with Crippen LogP contribution in [0.25, 0.3) is 0 Å². The van der Waals surface area contributed by atoms with Gasteiger partial charge in [0.1, 0.15) is 0 Å². The van der Waals surface area contributed by atoms with Crippen LogP contribution in [0.2, 0.25) is 0 Å². The van der Waals surface area contributed by atoms with E-state index >= 15 is 0 Å². The van der Waals surface area contributed by atoms with Gasteiger partial charge in [0.15, 0.2) is 0 Å². The molecule has 0 fully saturated rings. The predicted octanol–water partition coefficient (Wildman–Crippen LogP) is 4.08. The van der Waals surface area contributed by atoms with E-state index in [0.29, 0.717) is 5.25 Å². The summed E-state index contributed by atoms with van der Waals surface area (Å²) in [4.78, 5) is 4.55. The van der Waals surface area contributed by atoms with E-state index in [-0.39, 0.29) is 0 Å². The van der Waals surface area contributed by atoms with Crippen molar-refractivity contribution in [3.8, 4) is 0 Å².